The third-order valence-corrected chi connectivity index (χ3v) is 5.12. The van der Waals surface area contributed by atoms with Crippen LogP contribution in [0, 0.1) is 18.3 Å². The molecule has 2 aromatic rings. The number of anilines is 1. The lowest BCUT2D eigenvalue weighted by Gasteiger charge is -2.19. The number of benzene rings is 2. The number of ether oxygens (including phenoxy) is 1. The molecule has 0 aromatic heterocycles. The van der Waals surface area contributed by atoms with Crippen LogP contribution in [0.2, 0.25) is 0 Å². The van der Waals surface area contributed by atoms with Gasteiger partial charge in [0, 0.05) is 17.5 Å². The molecule has 1 amide bonds. The fraction of sp³-hybridized carbons (Fsp3) is 0.360. The van der Waals surface area contributed by atoms with Crippen molar-refractivity contribution in [2.45, 2.75) is 53.0 Å². The van der Waals surface area contributed by atoms with Crippen LogP contribution < -0.4 is 15.4 Å². The maximum absolute atomic E-state index is 12.7. The van der Waals surface area contributed by atoms with Crippen LogP contribution in [0.15, 0.2) is 54.2 Å². The van der Waals surface area contributed by atoms with Crippen molar-refractivity contribution in [3.63, 3.8) is 0 Å². The summed E-state index contributed by atoms with van der Waals surface area (Å²) in [6.45, 7) is 10.6. The smallest absolute Gasteiger partial charge is 0.263 e. The standard InChI is InChI=1S/C25H31N3O2/c1-6-18(4)21-10-8-9-11-23(21)27-16-20(15-26)25(29)28-19(5)22-14-17(3)12-13-24(22)30-7-2/h8-14,16,18-19,27H,6-7H2,1-5H3,(H,28,29)/b20-16-. The highest BCUT2D eigenvalue weighted by Crippen LogP contribution is 2.28. The van der Waals surface area contributed by atoms with Gasteiger partial charge >= 0.3 is 0 Å². The van der Waals surface area contributed by atoms with Crippen LogP contribution in [0.25, 0.3) is 0 Å². The summed E-state index contributed by atoms with van der Waals surface area (Å²) in [6, 6.07) is 15.5. The first-order chi connectivity index (χ1) is 14.4. The second-order valence-electron chi connectivity index (χ2n) is 7.38. The van der Waals surface area contributed by atoms with Crippen LogP contribution in [0.4, 0.5) is 5.69 Å². The molecule has 0 bridgehead atoms. The Hall–Kier alpha value is -3.26. The Bertz CT molecular complexity index is 944. The summed E-state index contributed by atoms with van der Waals surface area (Å²) in [6.07, 6.45) is 2.48. The fourth-order valence-electron chi connectivity index (χ4n) is 3.22. The molecular formula is C25H31N3O2. The Morgan fingerprint density at radius 3 is 2.57 bits per heavy atom. The maximum Gasteiger partial charge on any atom is 0.263 e. The maximum atomic E-state index is 12.7. The first-order valence-corrected chi connectivity index (χ1v) is 10.4. The molecule has 0 saturated carbocycles. The van der Waals surface area contributed by atoms with E-state index in [-0.39, 0.29) is 11.6 Å². The van der Waals surface area contributed by atoms with Gasteiger partial charge < -0.3 is 15.4 Å². The molecule has 0 spiro atoms. The number of nitriles is 1. The van der Waals surface area contributed by atoms with Gasteiger partial charge in [0.25, 0.3) is 5.91 Å². The highest BCUT2D eigenvalue weighted by molar-refractivity contribution is 5.97. The average molecular weight is 406 g/mol. The molecule has 30 heavy (non-hydrogen) atoms. The highest BCUT2D eigenvalue weighted by Gasteiger charge is 2.17. The van der Waals surface area contributed by atoms with Crippen molar-refractivity contribution < 1.29 is 9.53 Å². The van der Waals surface area contributed by atoms with Gasteiger partial charge in [-0.2, -0.15) is 5.26 Å². The molecule has 0 aliphatic carbocycles. The number of hydrogen-bond acceptors (Lipinski definition) is 4. The fourth-order valence-corrected chi connectivity index (χ4v) is 3.22. The van der Waals surface area contributed by atoms with Crippen molar-refractivity contribution in [1.29, 1.82) is 5.26 Å². The molecule has 2 atom stereocenters. The molecule has 2 N–H and O–H groups in total. The predicted molar refractivity (Wildman–Crippen MR) is 121 cm³/mol. The van der Waals surface area contributed by atoms with Crippen molar-refractivity contribution in [3.05, 3.63) is 70.9 Å². The van der Waals surface area contributed by atoms with Gasteiger partial charge in [0.2, 0.25) is 0 Å². The molecule has 2 aromatic carbocycles. The van der Waals surface area contributed by atoms with Crippen LogP contribution in [0.1, 0.15) is 62.8 Å². The van der Waals surface area contributed by atoms with Crippen molar-refractivity contribution in [1.82, 2.24) is 5.32 Å². The van der Waals surface area contributed by atoms with E-state index in [1.807, 2.05) is 63.2 Å². The molecule has 0 heterocycles. The molecule has 0 radical (unpaired) electrons. The van der Waals surface area contributed by atoms with E-state index in [1.54, 1.807) is 0 Å². The van der Waals surface area contributed by atoms with Gasteiger partial charge in [-0.25, -0.2) is 0 Å². The Balaban J connectivity index is 2.18. The zero-order chi connectivity index (χ0) is 22.1. The molecule has 5 heteroatoms. The lowest BCUT2D eigenvalue weighted by molar-refractivity contribution is -0.117. The van der Waals surface area contributed by atoms with E-state index in [2.05, 4.69) is 30.5 Å². The third-order valence-electron chi connectivity index (χ3n) is 5.12. The molecular weight excluding hydrogens is 374 g/mol. The molecule has 5 nitrogen and oxygen atoms in total. The van der Waals surface area contributed by atoms with Crippen LogP contribution in [0.5, 0.6) is 5.75 Å². The number of nitrogens with one attached hydrogen (secondary N) is 2. The quantitative estimate of drug-likeness (QED) is 0.420. The Morgan fingerprint density at radius 1 is 1.17 bits per heavy atom. The van der Waals surface area contributed by atoms with Crippen LogP contribution in [-0.4, -0.2) is 12.5 Å². The van der Waals surface area contributed by atoms with Crippen LogP contribution >= 0.6 is 0 Å². The Kier molecular flexibility index (Phi) is 8.49. The van der Waals surface area contributed by atoms with Gasteiger partial charge in [-0.15, -0.1) is 0 Å². The third kappa shape index (κ3) is 5.87. The molecule has 2 unspecified atom stereocenters. The second-order valence-corrected chi connectivity index (χ2v) is 7.38. The first-order valence-electron chi connectivity index (χ1n) is 10.4. The lowest BCUT2D eigenvalue weighted by atomic mass is 9.97. The predicted octanol–water partition coefficient (Wildman–Crippen LogP) is 5.60. The Morgan fingerprint density at radius 2 is 1.90 bits per heavy atom. The summed E-state index contributed by atoms with van der Waals surface area (Å²) >= 11 is 0. The summed E-state index contributed by atoms with van der Waals surface area (Å²) in [5.41, 5.74) is 4.04. The molecule has 158 valence electrons. The molecule has 0 aliphatic rings. The number of nitrogens with zero attached hydrogens (tertiary/aromatic N) is 1. The number of rotatable bonds is 9. The van der Waals surface area contributed by atoms with E-state index in [4.69, 9.17) is 4.74 Å². The minimum Gasteiger partial charge on any atom is -0.494 e. The molecule has 0 aliphatic heterocycles. The van der Waals surface area contributed by atoms with Crippen LogP contribution in [0.3, 0.4) is 0 Å². The van der Waals surface area contributed by atoms with Gasteiger partial charge in [-0.1, -0.05) is 49.7 Å². The SMILES string of the molecule is CCOc1ccc(C)cc1C(C)NC(=O)/C(C#N)=C\Nc1ccccc1C(C)CC. The molecule has 0 saturated heterocycles. The van der Waals surface area contributed by atoms with Crippen molar-refractivity contribution in [2.75, 3.05) is 11.9 Å². The Labute approximate surface area is 179 Å². The number of carbonyl (C=O) groups excluding carboxylic acids is 1. The number of para-hydroxylation sites is 1. The van der Waals surface area contributed by atoms with Crippen molar-refractivity contribution in [2.24, 2.45) is 0 Å². The summed E-state index contributed by atoms with van der Waals surface area (Å²) in [4.78, 5) is 12.7. The number of amides is 1. The molecule has 2 rings (SSSR count). The van der Waals surface area contributed by atoms with Gasteiger partial charge in [-0.3, -0.25) is 4.79 Å². The largest absolute Gasteiger partial charge is 0.494 e. The average Bonchev–Trinajstić information content (AvgIpc) is 2.75. The first kappa shape index (κ1) is 23.0. The zero-order valence-corrected chi connectivity index (χ0v) is 18.5. The van der Waals surface area contributed by atoms with E-state index in [1.165, 1.54) is 6.20 Å². The normalized spacial score (nSPS) is 13.1. The van der Waals surface area contributed by atoms with Crippen LogP contribution in [-0.2, 0) is 4.79 Å². The van der Waals surface area contributed by atoms with Gasteiger partial charge in [-0.05, 0) is 50.8 Å². The van der Waals surface area contributed by atoms with E-state index in [9.17, 15) is 10.1 Å². The van der Waals surface area contributed by atoms with Gasteiger partial charge in [0.05, 0.1) is 12.6 Å². The second kappa shape index (κ2) is 11.1. The summed E-state index contributed by atoms with van der Waals surface area (Å²) in [5.74, 6) is 0.682. The summed E-state index contributed by atoms with van der Waals surface area (Å²) in [5, 5.41) is 15.6. The summed E-state index contributed by atoms with van der Waals surface area (Å²) < 4.78 is 5.69. The van der Waals surface area contributed by atoms with Gasteiger partial charge in [0.1, 0.15) is 17.4 Å². The van der Waals surface area contributed by atoms with Crippen molar-refractivity contribution in [3.8, 4) is 11.8 Å². The lowest BCUT2D eigenvalue weighted by Crippen LogP contribution is -2.28. The van der Waals surface area contributed by atoms with E-state index < -0.39 is 5.91 Å². The van der Waals surface area contributed by atoms with Crippen molar-refractivity contribution >= 4 is 11.6 Å². The minimum absolute atomic E-state index is 0.0198. The topological polar surface area (TPSA) is 74.1 Å². The van der Waals surface area contributed by atoms with E-state index in [0.717, 1.165) is 34.5 Å². The monoisotopic (exact) mass is 405 g/mol. The zero-order valence-electron chi connectivity index (χ0n) is 18.5. The number of carbonyl (C=O) groups is 1. The summed E-state index contributed by atoms with van der Waals surface area (Å²) in [7, 11) is 0. The van der Waals surface area contributed by atoms with E-state index >= 15 is 0 Å². The highest BCUT2D eigenvalue weighted by atomic mass is 16.5. The van der Waals surface area contributed by atoms with Gasteiger partial charge in [0.15, 0.2) is 0 Å². The number of aryl methyl sites for hydroxylation is 1. The number of hydrogen-bond donors (Lipinski definition) is 2. The minimum atomic E-state index is -0.428. The molecule has 0 fully saturated rings. The van der Waals surface area contributed by atoms with E-state index in [0.29, 0.717) is 12.5 Å².